The van der Waals surface area contributed by atoms with Gasteiger partial charge in [-0.15, -0.1) is 0 Å². The number of hydrogen-bond acceptors (Lipinski definition) is 4. The molecule has 0 saturated carbocycles. The van der Waals surface area contributed by atoms with Gasteiger partial charge < -0.3 is 14.6 Å². The van der Waals surface area contributed by atoms with Gasteiger partial charge in [-0.1, -0.05) is 0 Å². The van der Waals surface area contributed by atoms with Crippen molar-refractivity contribution >= 4 is 11.8 Å². The van der Waals surface area contributed by atoms with Gasteiger partial charge in [0.1, 0.15) is 11.5 Å². The molecule has 134 valence electrons. The lowest BCUT2D eigenvalue weighted by Gasteiger charge is -2.29. The van der Waals surface area contributed by atoms with E-state index in [0.29, 0.717) is 6.07 Å². The van der Waals surface area contributed by atoms with Gasteiger partial charge in [0.15, 0.2) is 0 Å². The van der Waals surface area contributed by atoms with E-state index >= 15 is 0 Å². The lowest BCUT2D eigenvalue weighted by Crippen LogP contribution is -2.61. The number of carbonyl (C=O) groups excluding carboxylic acids is 1. The number of carboxylic acid groups (broad SMARTS) is 1. The first-order chi connectivity index (χ1) is 10.8. The predicted molar refractivity (Wildman–Crippen MR) is 66.4 cm³/mol. The van der Waals surface area contributed by atoms with Crippen LogP contribution < -0.4 is 9.47 Å². The second-order valence-electron chi connectivity index (χ2n) is 4.42. The minimum absolute atomic E-state index is 0.219. The Hall–Kier alpha value is -2.46. The van der Waals surface area contributed by atoms with Crippen LogP contribution >= 0.6 is 0 Å². The molecule has 0 saturated heterocycles. The Morgan fingerprint density at radius 2 is 1.50 bits per heavy atom. The summed E-state index contributed by atoms with van der Waals surface area (Å²) in [5, 5.41) is 8.06. The van der Waals surface area contributed by atoms with Gasteiger partial charge in [0.2, 0.25) is 5.78 Å². The summed E-state index contributed by atoms with van der Waals surface area (Å²) in [5.74, 6) is -25.8. The van der Waals surface area contributed by atoms with Crippen molar-refractivity contribution in [3.8, 4) is 11.5 Å². The Labute approximate surface area is 130 Å². The van der Waals surface area contributed by atoms with Crippen molar-refractivity contribution in [3.05, 3.63) is 23.8 Å². The van der Waals surface area contributed by atoms with Gasteiger partial charge in [-0.3, -0.25) is 4.79 Å². The highest BCUT2D eigenvalue weighted by Gasteiger charge is 2.78. The van der Waals surface area contributed by atoms with E-state index in [1.165, 1.54) is 0 Å². The number of hydrogen-bond donors (Lipinski definition) is 1. The molecule has 5 nitrogen and oxygen atoms in total. The number of Topliss-reactive ketones (excluding diaryl/α,β-unsaturated/α-hetero) is 1. The molecule has 0 unspecified atom stereocenters. The summed E-state index contributed by atoms with van der Waals surface area (Å²) in [6.07, 6.45) is 0. The molecule has 24 heavy (non-hydrogen) atoms. The highest BCUT2D eigenvalue weighted by Crippen LogP contribution is 2.48. The number of benzene rings is 1. The molecule has 0 spiro atoms. The van der Waals surface area contributed by atoms with Crippen molar-refractivity contribution in [3.63, 3.8) is 0 Å². The average Bonchev–Trinajstić information content (AvgIpc) is 2.52. The number of halogens is 6. The number of ketones is 1. The zero-order valence-electron chi connectivity index (χ0n) is 12.1. The molecule has 0 heterocycles. The minimum atomic E-state index is -6.49. The lowest BCUT2D eigenvalue weighted by atomic mass is 9.95. The first-order valence-corrected chi connectivity index (χ1v) is 5.98. The lowest BCUT2D eigenvalue weighted by molar-refractivity contribution is -0.285. The van der Waals surface area contributed by atoms with E-state index in [4.69, 9.17) is 5.11 Å². The zero-order valence-corrected chi connectivity index (χ0v) is 12.1. The number of rotatable bonds is 7. The first-order valence-electron chi connectivity index (χ1n) is 5.98. The van der Waals surface area contributed by atoms with Crippen LogP contribution in [-0.2, 0) is 4.79 Å². The number of methoxy groups -OCH3 is 2. The predicted octanol–water partition coefficient (Wildman–Crippen LogP) is 2.88. The normalized spacial score (nSPS) is 12.7. The number of aliphatic carboxylic acids is 1. The molecule has 0 radical (unpaired) electrons. The number of carboxylic acids is 1. The van der Waals surface area contributed by atoms with Crippen LogP contribution in [0.5, 0.6) is 11.5 Å². The molecular weight excluding hydrogens is 350 g/mol. The molecule has 1 N–H and O–H groups in total. The summed E-state index contributed by atoms with van der Waals surface area (Å²) in [6, 6.07) is 2.62. The van der Waals surface area contributed by atoms with Gasteiger partial charge in [-0.05, 0) is 18.2 Å². The third-order valence-corrected chi connectivity index (χ3v) is 2.99. The molecule has 0 atom stereocenters. The van der Waals surface area contributed by atoms with E-state index in [2.05, 4.69) is 9.47 Å². The van der Waals surface area contributed by atoms with Gasteiger partial charge in [0.05, 0.1) is 19.8 Å². The Morgan fingerprint density at radius 3 is 1.92 bits per heavy atom. The van der Waals surface area contributed by atoms with Crippen LogP contribution in [0.4, 0.5) is 26.3 Å². The second-order valence-corrected chi connectivity index (χ2v) is 4.42. The molecule has 1 rings (SSSR count). The number of ether oxygens (including phenoxy) is 2. The van der Waals surface area contributed by atoms with Crippen molar-refractivity contribution in [1.82, 2.24) is 0 Å². The maximum absolute atomic E-state index is 13.7. The van der Waals surface area contributed by atoms with E-state index in [0.717, 1.165) is 26.4 Å². The monoisotopic (exact) mass is 360 g/mol. The summed E-state index contributed by atoms with van der Waals surface area (Å²) in [7, 11) is 1.99. The van der Waals surface area contributed by atoms with E-state index < -0.39 is 40.8 Å². The molecule has 1 aromatic rings. The molecule has 0 aliphatic heterocycles. The Balaban J connectivity index is 3.48. The molecule has 0 bridgehead atoms. The van der Waals surface area contributed by atoms with Crippen molar-refractivity contribution in [2.45, 2.75) is 17.8 Å². The molecule has 1 aromatic carbocycles. The van der Waals surface area contributed by atoms with Gasteiger partial charge >= 0.3 is 23.7 Å². The van der Waals surface area contributed by atoms with Gasteiger partial charge in [-0.25, -0.2) is 4.79 Å². The molecular formula is C13H10F6O5. The topological polar surface area (TPSA) is 72.8 Å². The largest absolute Gasteiger partial charge is 0.497 e. The minimum Gasteiger partial charge on any atom is -0.497 e. The van der Waals surface area contributed by atoms with Crippen LogP contribution in [0.2, 0.25) is 0 Å². The third kappa shape index (κ3) is 2.85. The number of alkyl halides is 6. The first kappa shape index (κ1) is 19.6. The van der Waals surface area contributed by atoms with Crippen LogP contribution in [0.3, 0.4) is 0 Å². The van der Waals surface area contributed by atoms with Crippen LogP contribution in [0.15, 0.2) is 18.2 Å². The fourth-order valence-electron chi connectivity index (χ4n) is 1.63. The van der Waals surface area contributed by atoms with Crippen LogP contribution in [-0.4, -0.2) is 48.8 Å². The quantitative estimate of drug-likeness (QED) is 0.598. The summed E-state index contributed by atoms with van der Waals surface area (Å²) in [6.45, 7) is 0. The molecule has 0 aliphatic rings. The fourth-order valence-corrected chi connectivity index (χ4v) is 1.63. The van der Waals surface area contributed by atoms with Crippen LogP contribution in [0.25, 0.3) is 0 Å². The van der Waals surface area contributed by atoms with Crippen molar-refractivity contribution < 1.29 is 50.5 Å². The maximum Gasteiger partial charge on any atom is 0.411 e. The Kier molecular flexibility index (Phi) is 5.07. The maximum atomic E-state index is 13.7. The van der Waals surface area contributed by atoms with E-state index in [1.807, 2.05) is 0 Å². The summed E-state index contributed by atoms with van der Waals surface area (Å²) in [4.78, 5) is 21.9. The standard InChI is InChI=1S/C13H10F6O5/c1-23-6-3-4-8(24-2)7(5-6)9(20)11(14,15)13(18,19)12(16,17)10(21)22/h3-5H,1-2H3,(H,21,22). The number of carbonyl (C=O) groups is 2. The van der Waals surface area contributed by atoms with Crippen molar-refractivity contribution in [1.29, 1.82) is 0 Å². The Bertz CT molecular complexity index is 658. The van der Waals surface area contributed by atoms with E-state index in [9.17, 15) is 35.9 Å². The van der Waals surface area contributed by atoms with Gasteiger partial charge in [0.25, 0.3) is 0 Å². The molecule has 0 aliphatic carbocycles. The van der Waals surface area contributed by atoms with Crippen molar-refractivity contribution in [2.24, 2.45) is 0 Å². The summed E-state index contributed by atoms with van der Waals surface area (Å²) < 4.78 is 89.5. The fraction of sp³-hybridized carbons (Fsp3) is 0.385. The SMILES string of the molecule is COc1ccc(OC)c(C(=O)C(F)(F)C(F)(F)C(F)(F)C(=O)O)c1. The van der Waals surface area contributed by atoms with Crippen LogP contribution in [0.1, 0.15) is 10.4 Å². The average molecular weight is 360 g/mol. The molecule has 11 heteroatoms. The zero-order chi connectivity index (χ0) is 18.9. The van der Waals surface area contributed by atoms with E-state index in [-0.39, 0.29) is 5.75 Å². The summed E-state index contributed by atoms with van der Waals surface area (Å²) in [5.41, 5.74) is -1.18. The third-order valence-electron chi connectivity index (χ3n) is 2.99. The van der Waals surface area contributed by atoms with Gasteiger partial charge in [-0.2, -0.15) is 26.3 Å². The van der Waals surface area contributed by atoms with Gasteiger partial charge in [0, 0.05) is 0 Å². The molecule has 0 aromatic heterocycles. The highest BCUT2D eigenvalue weighted by atomic mass is 19.3. The second kappa shape index (κ2) is 6.21. The molecule has 0 fully saturated rings. The highest BCUT2D eigenvalue weighted by molar-refractivity contribution is 6.05. The van der Waals surface area contributed by atoms with E-state index in [1.54, 1.807) is 0 Å². The summed E-state index contributed by atoms with van der Waals surface area (Å²) >= 11 is 0. The van der Waals surface area contributed by atoms with Crippen molar-refractivity contribution in [2.75, 3.05) is 14.2 Å². The smallest absolute Gasteiger partial charge is 0.411 e. The molecule has 0 amide bonds. The van der Waals surface area contributed by atoms with Crippen LogP contribution in [0, 0.1) is 0 Å². The Morgan fingerprint density at radius 1 is 0.958 bits per heavy atom.